The number of sulfone groups is 1. The van der Waals surface area contributed by atoms with Gasteiger partial charge in [-0.05, 0) is 37.2 Å². The van der Waals surface area contributed by atoms with Crippen LogP contribution in [-0.2, 0) is 16.4 Å². The minimum atomic E-state index is -4.61. The molecule has 232 valence electrons. The zero-order valence-electron chi connectivity index (χ0n) is 22.9. The lowest BCUT2D eigenvalue weighted by Crippen LogP contribution is -2.54. The third-order valence-corrected chi connectivity index (χ3v) is 7.85. The summed E-state index contributed by atoms with van der Waals surface area (Å²) in [7, 11) is -2.13. The fraction of sp³-hybridized carbons (Fsp3) is 0.407. The summed E-state index contributed by atoms with van der Waals surface area (Å²) in [5, 5.41) is 8.00. The van der Waals surface area contributed by atoms with Crippen LogP contribution in [0.1, 0.15) is 22.3 Å². The van der Waals surface area contributed by atoms with Gasteiger partial charge in [-0.2, -0.15) is 26.3 Å². The van der Waals surface area contributed by atoms with Crippen molar-refractivity contribution in [1.82, 2.24) is 20.2 Å². The number of piperidine rings is 1. The first-order valence-electron chi connectivity index (χ1n) is 12.8. The van der Waals surface area contributed by atoms with E-state index in [9.17, 15) is 39.6 Å². The van der Waals surface area contributed by atoms with E-state index in [1.807, 2.05) is 0 Å². The van der Waals surface area contributed by atoms with Crippen molar-refractivity contribution in [2.24, 2.45) is 5.92 Å². The number of nitrogens with one attached hydrogen (secondary N) is 3. The molecule has 0 bridgehead atoms. The summed E-state index contributed by atoms with van der Waals surface area (Å²) < 4.78 is 110. The minimum absolute atomic E-state index is 0.00136. The van der Waals surface area contributed by atoms with Gasteiger partial charge in [0.15, 0.2) is 9.84 Å². The van der Waals surface area contributed by atoms with Crippen LogP contribution >= 0.6 is 0 Å². The van der Waals surface area contributed by atoms with Gasteiger partial charge in [0.05, 0.1) is 47.6 Å². The van der Waals surface area contributed by atoms with Gasteiger partial charge in [0, 0.05) is 30.5 Å². The maximum Gasteiger partial charge on any atom is 0.406 e. The normalized spacial score (nSPS) is 17.7. The SMILES string of the molecule is COc1cc(S(C)(=O)=O)ccc1NCC#Cc1cc(C(=O)N[C@H]2CCNC[C@H]2C(F)(F)F)c2ncn(CC(F)(F)F)c2c1. The van der Waals surface area contributed by atoms with E-state index in [4.69, 9.17) is 4.74 Å². The number of benzene rings is 2. The summed E-state index contributed by atoms with van der Waals surface area (Å²) >= 11 is 0. The molecule has 1 aliphatic heterocycles. The van der Waals surface area contributed by atoms with Crippen LogP contribution in [0, 0.1) is 17.8 Å². The largest absolute Gasteiger partial charge is 0.495 e. The monoisotopic (exact) mass is 631 g/mol. The van der Waals surface area contributed by atoms with E-state index in [-0.39, 0.29) is 58.9 Å². The smallest absolute Gasteiger partial charge is 0.406 e. The molecule has 0 spiro atoms. The van der Waals surface area contributed by atoms with Gasteiger partial charge in [0.1, 0.15) is 17.8 Å². The number of alkyl halides is 6. The van der Waals surface area contributed by atoms with Crippen molar-refractivity contribution in [3.8, 4) is 17.6 Å². The molecule has 3 aromatic rings. The number of imidazole rings is 1. The van der Waals surface area contributed by atoms with Crippen molar-refractivity contribution in [2.45, 2.75) is 36.3 Å². The number of rotatable bonds is 7. The lowest BCUT2D eigenvalue weighted by molar-refractivity contribution is -0.183. The van der Waals surface area contributed by atoms with Crippen LogP contribution in [0.3, 0.4) is 0 Å². The lowest BCUT2D eigenvalue weighted by Gasteiger charge is -2.34. The molecule has 16 heteroatoms. The molecule has 1 amide bonds. The van der Waals surface area contributed by atoms with Crippen LogP contribution in [0.25, 0.3) is 11.0 Å². The second kappa shape index (κ2) is 12.3. The molecule has 2 atom stereocenters. The average molecular weight is 632 g/mol. The van der Waals surface area contributed by atoms with E-state index in [1.54, 1.807) is 0 Å². The maximum atomic E-state index is 13.6. The highest BCUT2D eigenvalue weighted by Crippen LogP contribution is 2.32. The van der Waals surface area contributed by atoms with E-state index in [0.29, 0.717) is 5.69 Å². The lowest BCUT2D eigenvalue weighted by atomic mass is 9.92. The van der Waals surface area contributed by atoms with E-state index < -0.39 is 46.6 Å². The number of methoxy groups -OCH3 is 1. The Balaban J connectivity index is 1.63. The van der Waals surface area contributed by atoms with Crippen LogP contribution < -0.4 is 20.7 Å². The van der Waals surface area contributed by atoms with Gasteiger partial charge in [0.2, 0.25) is 0 Å². The number of ether oxygens (including phenoxy) is 1. The molecule has 43 heavy (non-hydrogen) atoms. The van der Waals surface area contributed by atoms with Crippen LogP contribution in [-0.4, -0.2) is 75.3 Å². The van der Waals surface area contributed by atoms with Crippen molar-refractivity contribution in [3.63, 3.8) is 0 Å². The zero-order chi connectivity index (χ0) is 31.6. The summed E-state index contributed by atoms with van der Waals surface area (Å²) in [6.45, 7) is -1.56. The molecule has 4 rings (SSSR count). The molecule has 1 saturated heterocycles. The Bertz CT molecular complexity index is 1670. The molecule has 2 heterocycles. The first-order chi connectivity index (χ1) is 20.1. The van der Waals surface area contributed by atoms with Crippen LogP contribution in [0.15, 0.2) is 41.6 Å². The third-order valence-electron chi connectivity index (χ3n) is 6.74. The number of hydrogen-bond acceptors (Lipinski definition) is 7. The number of fused-ring (bicyclic) bond motifs is 1. The van der Waals surface area contributed by atoms with E-state index >= 15 is 0 Å². The van der Waals surface area contributed by atoms with Crippen molar-refractivity contribution in [3.05, 3.63) is 47.8 Å². The van der Waals surface area contributed by atoms with Crippen molar-refractivity contribution in [1.29, 1.82) is 0 Å². The average Bonchev–Trinajstić information content (AvgIpc) is 3.30. The zero-order valence-corrected chi connectivity index (χ0v) is 23.7. The van der Waals surface area contributed by atoms with Crippen molar-refractivity contribution in [2.75, 3.05) is 38.3 Å². The van der Waals surface area contributed by atoms with Crippen molar-refractivity contribution < 1.29 is 44.3 Å². The van der Waals surface area contributed by atoms with Gasteiger partial charge in [-0.25, -0.2) is 13.4 Å². The Morgan fingerprint density at radius 2 is 1.93 bits per heavy atom. The molecule has 2 aromatic carbocycles. The standard InChI is InChI=1S/C27H27F6N5O4S/c1-42-23-12-17(43(2,40)41)5-6-21(23)35-8-3-4-16-10-18(24-22(11-16)38(15-36-24)14-26(28,29)30)25(39)37-20-7-9-34-13-19(20)27(31,32)33/h5-6,10-12,15,19-20,34-35H,7-9,13-14H2,1-2H3,(H,37,39)/t19-,20+/m1/s1. The number of hydrogen-bond donors (Lipinski definition) is 3. The Labute approximate surface area is 242 Å². The third kappa shape index (κ3) is 7.90. The second-order valence-corrected chi connectivity index (χ2v) is 11.9. The molecule has 0 aliphatic carbocycles. The number of anilines is 1. The second-order valence-electron chi connectivity index (χ2n) is 9.89. The highest BCUT2D eigenvalue weighted by atomic mass is 32.2. The molecular weight excluding hydrogens is 604 g/mol. The Morgan fingerprint density at radius 1 is 1.19 bits per heavy atom. The van der Waals surface area contributed by atoms with Gasteiger partial charge in [-0.3, -0.25) is 4.79 Å². The molecule has 1 aromatic heterocycles. The number of carbonyl (C=O) groups is 1. The number of aromatic nitrogens is 2. The first kappa shape index (κ1) is 32.0. The van der Waals surface area contributed by atoms with E-state index in [0.717, 1.165) is 17.2 Å². The molecule has 0 unspecified atom stereocenters. The van der Waals surface area contributed by atoms with E-state index in [2.05, 4.69) is 32.8 Å². The summed E-state index contributed by atoms with van der Waals surface area (Å²) in [5.41, 5.74) is 0.148. The number of carbonyl (C=O) groups excluding carboxylic acids is 1. The minimum Gasteiger partial charge on any atom is -0.495 e. The summed E-state index contributed by atoms with van der Waals surface area (Å²) in [6.07, 6.45) is -7.23. The van der Waals surface area contributed by atoms with Crippen LogP contribution in [0.4, 0.5) is 32.0 Å². The number of halogens is 6. The van der Waals surface area contributed by atoms with Gasteiger partial charge < -0.3 is 25.3 Å². The molecule has 3 N–H and O–H groups in total. The van der Waals surface area contributed by atoms with Crippen molar-refractivity contribution >= 4 is 32.5 Å². The van der Waals surface area contributed by atoms with Crippen LogP contribution in [0.2, 0.25) is 0 Å². The fourth-order valence-electron chi connectivity index (χ4n) is 4.68. The Morgan fingerprint density at radius 3 is 2.58 bits per heavy atom. The molecule has 0 radical (unpaired) electrons. The molecule has 0 saturated carbocycles. The predicted molar refractivity (Wildman–Crippen MR) is 146 cm³/mol. The number of amides is 1. The first-order valence-corrected chi connectivity index (χ1v) is 14.7. The van der Waals surface area contributed by atoms with Gasteiger partial charge in [-0.15, -0.1) is 0 Å². The highest BCUT2D eigenvalue weighted by molar-refractivity contribution is 7.90. The summed E-state index contributed by atoms with van der Waals surface area (Å²) in [6, 6.07) is 5.51. The highest BCUT2D eigenvalue weighted by Gasteiger charge is 2.46. The fourth-order valence-corrected chi connectivity index (χ4v) is 5.32. The van der Waals surface area contributed by atoms with Gasteiger partial charge in [-0.1, -0.05) is 11.8 Å². The maximum absolute atomic E-state index is 13.6. The molecule has 1 fully saturated rings. The predicted octanol–water partition coefficient (Wildman–Crippen LogP) is 3.74. The van der Waals surface area contributed by atoms with Crippen LogP contribution in [0.5, 0.6) is 5.75 Å². The molecular formula is C27H27F6N5O4S. The topological polar surface area (TPSA) is 114 Å². The Kier molecular flexibility index (Phi) is 9.16. The molecule has 9 nitrogen and oxygen atoms in total. The number of nitrogens with zero attached hydrogens (tertiary/aromatic N) is 2. The van der Waals surface area contributed by atoms with Gasteiger partial charge in [0.25, 0.3) is 5.91 Å². The van der Waals surface area contributed by atoms with E-state index in [1.165, 1.54) is 37.4 Å². The van der Waals surface area contributed by atoms with Gasteiger partial charge >= 0.3 is 12.4 Å². The Hall–Kier alpha value is -3.97. The molecule has 1 aliphatic rings. The summed E-state index contributed by atoms with van der Waals surface area (Å²) in [5.74, 6) is 2.99. The summed E-state index contributed by atoms with van der Waals surface area (Å²) in [4.78, 5) is 17.2. The quantitative estimate of drug-likeness (QED) is 0.269.